The first-order valence-corrected chi connectivity index (χ1v) is 9.58. The number of carbonyl (C=O) groups excluding carboxylic acids is 2. The minimum atomic E-state index is -1.05. The Kier molecular flexibility index (Phi) is 5.02. The first-order valence-electron chi connectivity index (χ1n) is 9.58. The van der Waals surface area contributed by atoms with Gasteiger partial charge in [-0.3, -0.25) is 14.5 Å². The Morgan fingerprint density at radius 1 is 1.16 bits per heavy atom. The smallest absolute Gasteiger partial charge is 0.295 e. The maximum atomic E-state index is 13.2. The van der Waals surface area contributed by atoms with Gasteiger partial charge in [-0.1, -0.05) is 11.2 Å². The second-order valence-corrected chi connectivity index (χ2v) is 7.04. The largest absolute Gasteiger partial charge is 0.504 e. The van der Waals surface area contributed by atoms with Crippen LogP contribution < -0.4 is 9.64 Å². The maximum absolute atomic E-state index is 13.2. The second kappa shape index (κ2) is 7.67. The molecule has 2 N–H and O–H groups in total. The molecular formula is C22H20N2O7. The highest BCUT2D eigenvalue weighted by Gasteiger charge is 2.46. The van der Waals surface area contributed by atoms with Crippen molar-refractivity contribution >= 4 is 17.5 Å². The zero-order chi connectivity index (χ0) is 22.3. The van der Waals surface area contributed by atoms with E-state index in [1.165, 1.54) is 30.3 Å². The number of phenols is 1. The molecule has 31 heavy (non-hydrogen) atoms. The lowest BCUT2D eigenvalue weighted by atomic mass is 9.94. The van der Waals surface area contributed by atoms with E-state index in [1.54, 1.807) is 26.8 Å². The van der Waals surface area contributed by atoms with Gasteiger partial charge in [0.25, 0.3) is 5.91 Å². The number of aliphatic hydroxyl groups is 1. The molecule has 160 valence electrons. The van der Waals surface area contributed by atoms with Gasteiger partial charge in [-0.15, -0.1) is 0 Å². The molecule has 0 bridgehead atoms. The van der Waals surface area contributed by atoms with Gasteiger partial charge < -0.3 is 23.9 Å². The van der Waals surface area contributed by atoms with E-state index in [2.05, 4.69) is 5.16 Å². The highest BCUT2D eigenvalue weighted by atomic mass is 16.5. The number of anilines is 1. The van der Waals surface area contributed by atoms with E-state index in [4.69, 9.17) is 13.7 Å². The summed E-state index contributed by atoms with van der Waals surface area (Å²) in [4.78, 5) is 27.4. The zero-order valence-electron chi connectivity index (χ0n) is 17.1. The standard InChI is InChI=1S/C22H20N2O7/c1-4-29-16-10-13(6-7-14(16)25)19-18(20(26)15-8-5-11(2)30-15)21(27)22(28)24(19)17-9-12(3)31-23-17/h5-10,19,25,27H,4H2,1-3H3/t19-/m0/s1. The van der Waals surface area contributed by atoms with Crippen molar-refractivity contribution in [1.29, 1.82) is 0 Å². The molecule has 4 rings (SSSR count). The zero-order valence-corrected chi connectivity index (χ0v) is 17.1. The molecule has 0 fully saturated rings. The number of amides is 1. The summed E-state index contributed by atoms with van der Waals surface area (Å²) in [7, 11) is 0. The molecule has 3 heterocycles. The number of nitrogens with zero attached hydrogens (tertiary/aromatic N) is 2. The number of aromatic nitrogens is 1. The predicted molar refractivity (Wildman–Crippen MR) is 108 cm³/mol. The van der Waals surface area contributed by atoms with Crippen molar-refractivity contribution < 1.29 is 33.5 Å². The molecule has 2 aromatic heterocycles. The van der Waals surface area contributed by atoms with Crippen LogP contribution in [-0.2, 0) is 4.79 Å². The number of ether oxygens (including phenoxy) is 1. The lowest BCUT2D eigenvalue weighted by Gasteiger charge is -2.24. The number of aromatic hydroxyl groups is 1. The van der Waals surface area contributed by atoms with E-state index >= 15 is 0 Å². The summed E-state index contributed by atoms with van der Waals surface area (Å²) in [5.41, 5.74) is 0.249. The topological polar surface area (TPSA) is 126 Å². The number of furan rings is 1. The van der Waals surface area contributed by atoms with Gasteiger partial charge in [-0.25, -0.2) is 0 Å². The van der Waals surface area contributed by atoms with Crippen LogP contribution in [0, 0.1) is 13.8 Å². The third kappa shape index (κ3) is 3.43. The number of ketones is 1. The van der Waals surface area contributed by atoms with Crippen LogP contribution in [0.5, 0.6) is 11.5 Å². The molecule has 0 spiro atoms. The SMILES string of the molecule is CCOc1cc([C@H]2C(C(=O)c3ccc(C)o3)=C(O)C(=O)N2c2cc(C)on2)ccc1O. The quantitative estimate of drug-likeness (QED) is 0.573. The second-order valence-electron chi connectivity index (χ2n) is 7.04. The van der Waals surface area contributed by atoms with Crippen molar-refractivity contribution in [2.24, 2.45) is 0 Å². The van der Waals surface area contributed by atoms with Crippen LogP contribution in [0.3, 0.4) is 0 Å². The number of Topliss-reactive ketones (excluding diaryl/α,β-unsaturated/α-hetero) is 1. The van der Waals surface area contributed by atoms with Gasteiger partial charge in [0.15, 0.2) is 28.8 Å². The van der Waals surface area contributed by atoms with E-state index in [0.717, 1.165) is 4.90 Å². The monoisotopic (exact) mass is 424 g/mol. The fraction of sp³-hybridized carbons (Fsp3) is 0.227. The molecule has 0 radical (unpaired) electrons. The molecule has 1 amide bonds. The third-order valence-electron chi connectivity index (χ3n) is 4.88. The minimum absolute atomic E-state index is 0.0150. The van der Waals surface area contributed by atoms with E-state index in [9.17, 15) is 19.8 Å². The summed E-state index contributed by atoms with van der Waals surface area (Å²) in [6.07, 6.45) is 0. The van der Waals surface area contributed by atoms with Gasteiger partial charge in [0, 0.05) is 6.07 Å². The van der Waals surface area contributed by atoms with Crippen molar-refractivity contribution in [2.45, 2.75) is 26.8 Å². The average molecular weight is 424 g/mol. The van der Waals surface area contributed by atoms with E-state index in [-0.39, 0.29) is 28.7 Å². The Morgan fingerprint density at radius 2 is 1.94 bits per heavy atom. The minimum Gasteiger partial charge on any atom is -0.504 e. The van der Waals surface area contributed by atoms with Crippen molar-refractivity contribution in [3.63, 3.8) is 0 Å². The molecule has 0 aliphatic carbocycles. The van der Waals surface area contributed by atoms with Crippen LogP contribution in [-0.4, -0.2) is 33.7 Å². The van der Waals surface area contributed by atoms with Crippen LogP contribution in [0.4, 0.5) is 5.82 Å². The highest BCUT2D eigenvalue weighted by Crippen LogP contribution is 2.43. The maximum Gasteiger partial charge on any atom is 0.295 e. The number of benzene rings is 1. The van der Waals surface area contributed by atoms with E-state index in [0.29, 0.717) is 23.7 Å². The lowest BCUT2D eigenvalue weighted by molar-refractivity contribution is -0.117. The van der Waals surface area contributed by atoms with E-state index in [1.807, 2.05) is 0 Å². The first kappa shape index (κ1) is 20.3. The Balaban J connectivity index is 1.89. The Morgan fingerprint density at radius 3 is 2.55 bits per heavy atom. The van der Waals surface area contributed by atoms with Gasteiger partial charge in [-0.2, -0.15) is 0 Å². The summed E-state index contributed by atoms with van der Waals surface area (Å²) in [6.45, 7) is 5.40. The molecule has 0 unspecified atom stereocenters. The van der Waals surface area contributed by atoms with Gasteiger partial charge in [0.2, 0.25) is 5.78 Å². The van der Waals surface area contributed by atoms with Crippen molar-refractivity contribution in [1.82, 2.24) is 5.16 Å². The number of carbonyl (C=O) groups is 2. The summed E-state index contributed by atoms with van der Waals surface area (Å²) in [6, 6.07) is 8.01. The summed E-state index contributed by atoms with van der Waals surface area (Å²) < 4.78 is 16.0. The number of rotatable bonds is 6. The molecule has 9 heteroatoms. The molecular weight excluding hydrogens is 404 g/mol. The summed E-state index contributed by atoms with van der Waals surface area (Å²) in [5, 5.41) is 24.6. The third-order valence-corrected chi connectivity index (χ3v) is 4.88. The Hall–Kier alpha value is -4.01. The number of hydrogen-bond donors (Lipinski definition) is 2. The molecule has 3 aromatic rings. The van der Waals surface area contributed by atoms with Crippen LogP contribution >= 0.6 is 0 Å². The van der Waals surface area contributed by atoms with Crippen LogP contribution in [0.2, 0.25) is 0 Å². The van der Waals surface area contributed by atoms with Crippen LogP contribution in [0.1, 0.15) is 40.6 Å². The lowest BCUT2D eigenvalue weighted by Crippen LogP contribution is -2.31. The van der Waals surface area contributed by atoms with Gasteiger partial charge in [0.05, 0.1) is 18.2 Å². The van der Waals surface area contributed by atoms with Crippen molar-refractivity contribution in [3.05, 3.63) is 70.6 Å². The summed E-state index contributed by atoms with van der Waals surface area (Å²) >= 11 is 0. The number of hydrogen-bond acceptors (Lipinski definition) is 8. The molecule has 0 saturated heterocycles. The highest BCUT2D eigenvalue weighted by molar-refractivity contribution is 6.20. The molecule has 0 saturated carbocycles. The van der Waals surface area contributed by atoms with Gasteiger partial charge >= 0.3 is 0 Å². The van der Waals surface area contributed by atoms with E-state index < -0.39 is 23.5 Å². The first-order chi connectivity index (χ1) is 14.8. The predicted octanol–water partition coefficient (Wildman–Crippen LogP) is 3.77. The molecule has 1 atom stereocenters. The molecule has 1 aromatic carbocycles. The van der Waals surface area contributed by atoms with Crippen molar-refractivity contribution in [2.75, 3.05) is 11.5 Å². The van der Waals surface area contributed by atoms with Crippen LogP contribution in [0.25, 0.3) is 0 Å². The fourth-order valence-corrected chi connectivity index (χ4v) is 3.52. The fourth-order valence-electron chi connectivity index (χ4n) is 3.52. The average Bonchev–Trinajstić information content (AvgIpc) is 3.42. The van der Waals surface area contributed by atoms with Crippen LogP contribution in [0.15, 0.2) is 56.7 Å². The Labute approximate surface area is 177 Å². The van der Waals surface area contributed by atoms with Gasteiger partial charge in [-0.05, 0) is 50.6 Å². The number of phenolic OH excluding ortho intramolecular Hbond substituents is 1. The summed E-state index contributed by atoms with van der Waals surface area (Å²) in [5.74, 6) is -1.01. The number of aryl methyl sites for hydroxylation is 2. The molecule has 1 aliphatic rings. The Bertz CT molecular complexity index is 1200. The molecule has 1 aliphatic heterocycles. The molecule has 9 nitrogen and oxygen atoms in total. The van der Waals surface area contributed by atoms with Crippen molar-refractivity contribution in [3.8, 4) is 11.5 Å². The van der Waals surface area contributed by atoms with Gasteiger partial charge in [0.1, 0.15) is 11.5 Å². The number of aliphatic hydroxyl groups excluding tert-OH is 1. The normalized spacial score (nSPS) is 16.3.